The molecule has 2 aliphatic rings. The van der Waals surface area contributed by atoms with Crippen molar-refractivity contribution in [3.8, 4) is 0 Å². The van der Waals surface area contributed by atoms with Gasteiger partial charge in [0.2, 0.25) is 5.91 Å². The van der Waals surface area contributed by atoms with Gasteiger partial charge >= 0.3 is 5.97 Å². The molecule has 17 heavy (non-hydrogen) atoms. The van der Waals surface area contributed by atoms with E-state index >= 15 is 0 Å². The molecule has 1 amide bonds. The molecule has 5 heteroatoms. The molecule has 1 aliphatic carbocycles. The number of hydrogen-bond acceptors (Lipinski definition) is 4. The summed E-state index contributed by atoms with van der Waals surface area (Å²) in [6.45, 7) is 1.55. The zero-order chi connectivity index (χ0) is 12.4. The molecule has 3 atom stereocenters. The average Bonchev–Trinajstić information content (AvgIpc) is 2.95. The molecule has 0 aromatic rings. The van der Waals surface area contributed by atoms with Gasteiger partial charge in [-0.05, 0) is 25.7 Å². The second-order valence-electron chi connectivity index (χ2n) is 4.89. The Hall–Kier alpha value is -1.10. The molecule has 1 saturated heterocycles. The van der Waals surface area contributed by atoms with Crippen LogP contribution in [0.4, 0.5) is 0 Å². The van der Waals surface area contributed by atoms with Gasteiger partial charge in [-0.1, -0.05) is 0 Å². The first-order valence-corrected chi connectivity index (χ1v) is 6.18. The minimum Gasteiger partial charge on any atom is -0.469 e. The van der Waals surface area contributed by atoms with Crippen LogP contribution < -0.4 is 0 Å². The third kappa shape index (κ3) is 2.44. The van der Waals surface area contributed by atoms with Gasteiger partial charge in [-0.25, -0.2) is 0 Å². The van der Waals surface area contributed by atoms with Crippen LogP contribution in [0.3, 0.4) is 0 Å². The van der Waals surface area contributed by atoms with Crippen LogP contribution in [0.1, 0.15) is 25.7 Å². The molecule has 1 heterocycles. The van der Waals surface area contributed by atoms with Crippen molar-refractivity contribution in [3.05, 3.63) is 0 Å². The normalized spacial score (nSPS) is 32.8. The Labute approximate surface area is 101 Å². The molecule has 0 bridgehead atoms. The van der Waals surface area contributed by atoms with Crippen molar-refractivity contribution >= 4 is 11.9 Å². The van der Waals surface area contributed by atoms with Crippen LogP contribution in [0, 0.1) is 11.8 Å². The second kappa shape index (κ2) is 5.04. The fourth-order valence-corrected chi connectivity index (χ4v) is 2.87. The summed E-state index contributed by atoms with van der Waals surface area (Å²) in [4.78, 5) is 25.6. The lowest BCUT2D eigenvalue weighted by Gasteiger charge is -2.23. The molecule has 1 aliphatic heterocycles. The number of methoxy groups -OCH3 is 1. The molecule has 0 aromatic heterocycles. The summed E-state index contributed by atoms with van der Waals surface area (Å²) in [6.07, 6.45) is 2.23. The van der Waals surface area contributed by atoms with E-state index in [1.807, 2.05) is 0 Å². The summed E-state index contributed by atoms with van der Waals surface area (Å²) in [5, 5.41) is 9.63. The van der Waals surface area contributed by atoms with Gasteiger partial charge in [0.05, 0.1) is 25.0 Å². The predicted molar refractivity (Wildman–Crippen MR) is 60.1 cm³/mol. The van der Waals surface area contributed by atoms with E-state index in [4.69, 9.17) is 4.74 Å². The molecule has 1 saturated carbocycles. The van der Waals surface area contributed by atoms with Crippen LogP contribution in [-0.4, -0.2) is 48.2 Å². The first-order valence-electron chi connectivity index (χ1n) is 6.18. The summed E-state index contributed by atoms with van der Waals surface area (Å²) in [5.74, 6) is -1.23. The van der Waals surface area contributed by atoms with Crippen molar-refractivity contribution in [2.75, 3.05) is 20.2 Å². The Morgan fingerprint density at radius 2 is 1.76 bits per heavy atom. The standard InChI is InChI=1S/C12H19NO4/c1-17-12(16)10-7-8(14)6-9(10)11(15)13-4-2-3-5-13/h8-10,14H,2-7H2,1H3. The molecule has 2 fully saturated rings. The predicted octanol–water partition coefficient (Wildman–Crippen LogP) is 0.169. The fraction of sp³-hybridized carbons (Fsp3) is 0.833. The first kappa shape index (κ1) is 12.4. The van der Waals surface area contributed by atoms with Gasteiger partial charge in [0.1, 0.15) is 0 Å². The molecule has 0 aromatic carbocycles. The number of esters is 1. The summed E-state index contributed by atoms with van der Waals surface area (Å²) in [6, 6.07) is 0. The molecular weight excluding hydrogens is 222 g/mol. The van der Waals surface area contributed by atoms with Gasteiger partial charge in [0, 0.05) is 13.1 Å². The van der Waals surface area contributed by atoms with E-state index in [-0.39, 0.29) is 11.9 Å². The summed E-state index contributed by atoms with van der Waals surface area (Å²) in [7, 11) is 1.32. The van der Waals surface area contributed by atoms with E-state index in [2.05, 4.69) is 0 Å². The Kier molecular flexibility index (Phi) is 3.66. The SMILES string of the molecule is COC(=O)C1CC(O)CC1C(=O)N1CCCC1. The highest BCUT2D eigenvalue weighted by Gasteiger charge is 2.44. The van der Waals surface area contributed by atoms with Crippen molar-refractivity contribution < 1.29 is 19.4 Å². The zero-order valence-corrected chi connectivity index (χ0v) is 10.1. The van der Waals surface area contributed by atoms with Gasteiger partial charge in [-0.3, -0.25) is 9.59 Å². The van der Waals surface area contributed by atoms with Gasteiger partial charge in [-0.2, -0.15) is 0 Å². The van der Waals surface area contributed by atoms with Crippen LogP contribution in [0.2, 0.25) is 0 Å². The van der Waals surface area contributed by atoms with Crippen molar-refractivity contribution in [1.29, 1.82) is 0 Å². The molecule has 0 spiro atoms. The van der Waals surface area contributed by atoms with Gasteiger partial charge in [-0.15, -0.1) is 0 Å². The van der Waals surface area contributed by atoms with Crippen molar-refractivity contribution in [2.45, 2.75) is 31.8 Å². The third-order valence-electron chi connectivity index (χ3n) is 3.78. The number of likely N-dealkylation sites (tertiary alicyclic amines) is 1. The number of hydrogen-bond donors (Lipinski definition) is 1. The average molecular weight is 241 g/mol. The Balaban J connectivity index is 2.06. The minimum atomic E-state index is -0.560. The fourth-order valence-electron chi connectivity index (χ4n) is 2.87. The van der Waals surface area contributed by atoms with Crippen molar-refractivity contribution in [1.82, 2.24) is 4.90 Å². The van der Waals surface area contributed by atoms with E-state index in [9.17, 15) is 14.7 Å². The van der Waals surface area contributed by atoms with E-state index in [1.54, 1.807) is 4.90 Å². The summed E-state index contributed by atoms with van der Waals surface area (Å²) < 4.78 is 4.70. The molecule has 2 rings (SSSR count). The maximum atomic E-state index is 12.2. The van der Waals surface area contributed by atoms with Gasteiger partial charge in [0.15, 0.2) is 0 Å². The highest BCUT2D eigenvalue weighted by atomic mass is 16.5. The zero-order valence-electron chi connectivity index (χ0n) is 10.1. The lowest BCUT2D eigenvalue weighted by atomic mass is 9.95. The van der Waals surface area contributed by atoms with E-state index in [0.717, 1.165) is 25.9 Å². The third-order valence-corrected chi connectivity index (χ3v) is 3.78. The van der Waals surface area contributed by atoms with Gasteiger partial charge < -0.3 is 14.7 Å². The van der Waals surface area contributed by atoms with E-state index < -0.39 is 17.9 Å². The van der Waals surface area contributed by atoms with Gasteiger partial charge in [0.25, 0.3) is 0 Å². The Bertz CT molecular complexity index is 312. The number of ether oxygens (including phenoxy) is 1. The highest BCUT2D eigenvalue weighted by Crippen LogP contribution is 2.35. The topological polar surface area (TPSA) is 66.8 Å². The number of aliphatic hydroxyl groups excluding tert-OH is 1. The lowest BCUT2D eigenvalue weighted by Crippen LogP contribution is -2.37. The van der Waals surface area contributed by atoms with Crippen LogP contribution in [0.15, 0.2) is 0 Å². The number of rotatable bonds is 2. The number of nitrogens with zero attached hydrogens (tertiary/aromatic N) is 1. The quantitative estimate of drug-likeness (QED) is 0.700. The van der Waals surface area contributed by atoms with Crippen molar-refractivity contribution in [2.24, 2.45) is 11.8 Å². The monoisotopic (exact) mass is 241 g/mol. The lowest BCUT2D eigenvalue weighted by molar-refractivity contribution is -0.151. The first-order chi connectivity index (χ1) is 8.13. The highest BCUT2D eigenvalue weighted by molar-refractivity contribution is 5.86. The maximum Gasteiger partial charge on any atom is 0.309 e. The van der Waals surface area contributed by atoms with E-state index in [1.165, 1.54) is 7.11 Å². The largest absolute Gasteiger partial charge is 0.469 e. The molecule has 0 radical (unpaired) electrons. The Morgan fingerprint density at radius 1 is 1.18 bits per heavy atom. The number of aliphatic hydroxyl groups is 1. The van der Waals surface area contributed by atoms with Crippen LogP contribution in [-0.2, 0) is 14.3 Å². The number of carbonyl (C=O) groups is 2. The number of amides is 1. The molecule has 96 valence electrons. The summed E-state index contributed by atoms with van der Waals surface area (Å²) >= 11 is 0. The molecule has 5 nitrogen and oxygen atoms in total. The van der Waals surface area contributed by atoms with Crippen molar-refractivity contribution in [3.63, 3.8) is 0 Å². The van der Waals surface area contributed by atoms with Crippen LogP contribution in [0.5, 0.6) is 0 Å². The van der Waals surface area contributed by atoms with Crippen LogP contribution in [0.25, 0.3) is 0 Å². The summed E-state index contributed by atoms with van der Waals surface area (Å²) in [5.41, 5.74) is 0. The smallest absolute Gasteiger partial charge is 0.309 e. The minimum absolute atomic E-state index is 0.00875. The molecule has 1 N–H and O–H groups in total. The van der Waals surface area contributed by atoms with E-state index in [0.29, 0.717) is 12.8 Å². The second-order valence-corrected chi connectivity index (χ2v) is 4.89. The van der Waals surface area contributed by atoms with Crippen LogP contribution >= 0.6 is 0 Å². The molecular formula is C12H19NO4. The maximum absolute atomic E-state index is 12.2. The Morgan fingerprint density at radius 3 is 2.35 bits per heavy atom. The molecule has 3 unspecified atom stereocenters. The number of carbonyl (C=O) groups excluding carboxylic acids is 2.